The maximum Gasteiger partial charge on any atom is 0.673 e. The normalized spacial score (nSPS) is 11.1. The number of aryl methyl sites for hydroxylation is 2. The van der Waals surface area contributed by atoms with Crippen LogP contribution >= 0.6 is 0 Å². The molecule has 0 amide bonds. The summed E-state index contributed by atoms with van der Waals surface area (Å²) in [6.45, 7) is 4.18. The van der Waals surface area contributed by atoms with Gasteiger partial charge >= 0.3 is 26.0 Å². The minimum absolute atomic E-state index is 0.857. The Bertz CT molecular complexity index is 1140. The summed E-state index contributed by atoms with van der Waals surface area (Å²) < 4.78 is 84.3. The van der Waals surface area contributed by atoms with E-state index >= 15 is 0 Å². The summed E-state index contributed by atoms with van der Waals surface area (Å²) in [4.78, 5) is 3.32. The minimum Gasteiger partial charge on any atom is -0.418 e. The zero-order valence-corrected chi connectivity index (χ0v) is 19.2. The van der Waals surface area contributed by atoms with E-state index in [1.165, 1.54) is 11.1 Å². The molecule has 0 aliphatic carbocycles. The summed E-state index contributed by atoms with van der Waals surface area (Å²) in [6.07, 6.45) is 1.94. The lowest BCUT2D eigenvalue weighted by Gasteiger charge is -2.00. The monoisotopic (exact) mass is 513 g/mol. The van der Waals surface area contributed by atoms with Crippen molar-refractivity contribution in [2.45, 2.75) is 13.8 Å². The third-order valence-corrected chi connectivity index (χ3v) is 4.49. The highest BCUT2D eigenvalue weighted by molar-refractivity contribution is 6.50. The highest BCUT2D eigenvalue weighted by Gasteiger charge is 2.23. The molecule has 4 rings (SSSR count). The van der Waals surface area contributed by atoms with Gasteiger partial charge in [0.1, 0.15) is 0 Å². The van der Waals surface area contributed by atoms with Gasteiger partial charge in [0.2, 0.25) is 5.69 Å². The molecule has 12 heteroatoms. The van der Waals surface area contributed by atoms with E-state index in [2.05, 4.69) is 85.6 Å². The summed E-state index contributed by atoms with van der Waals surface area (Å²) in [7, 11) is -12.0. The topological polar surface area (TPSA) is 25.4 Å². The highest BCUT2D eigenvalue weighted by atomic mass is 19.5. The lowest BCUT2D eigenvalue weighted by atomic mass is 10.0. The number of nitrogens with one attached hydrogen (secondary N) is 1. The summed E-state index contributed by atoms with van der Waals surface area (Å²) in [5.74, 6) is 1.71. The van der Waals surface area contributed by atoms with Crippen LogP contribution in [-0.2, 0) is 0 Å². The van der Waals surface area contributed by atoms with Gasteiger partial charge in [-0.2, -0.15) is 0 Å². The van der Waals surface area contributed by atoms with Crippen molar-refractivity contribution >= 4 is 14.5 Å². The Labute approximate surface area is 202 Å². The molecule has 0 fully saturated rings. The Morgan fingerprint density at radius 2 is 0.944 bits per heavy atom. The van der Waals surface area contributed by atoms with Gasteiger partial charge in [-0.05, 0) is 44.2 Å². The molecular weight excluding hydrogens is 492 g/mol. The van der Waals surface area contributed by atoms with Gasteiger partial charge in [-0.25, -0.2) is 9.40 Å². The van der Waals surface area contributed by atoms with E-state index in [4.69, 9.17) is 4.42 Å². The second-order valence-electron chi connectivity index (χ2n) is 7.57. The number of halogens is 8. The van der Waals surface area contributed by atoms with Crippen molar-refractivity contribution in [1.82, 2.24) is 0 Å². The summed E-state index contributed by atoms with van der Waals surface area (Å²) in [5.41, 5.74) is 6.77. The molecule has 0 unspecified atom stereocenters. The Morgan fingerprint density at radius 1 is 0.556 bits per heavy atom. The van der Waals surface area contributed by atoms with Crippen LogP contribution in [0.1, 0.15) is 11.1 Å². The zero-order valence-electron chi connectivity index (χ0n) is 19.2. The molecule has 2 heterocycles. The average Bonchev–Trinajstić information content (AvgIpc) is 2.78. The number of aromatic nitrogens is 1. The summed E-state index contributed by atoms with van der Waals surface area (Å²) in [6, 6.07) is 27.1. The van der Waals surface area contributed by atoms with E-state index in [-0.39, 0.29) is 0 Å². The third-order valence-electron chi connectivity index (χ3n) is 4.49. The Morgan fingerprint density at radius 3 is 1.28 bits per heavy atom. The first-order valence-corrected chi connectivity index (χ1v) is 10.5. The van der Waals surface area contributed by atoms with Crippen LogP contribution < -0.4 is 4.98 Å². The van der Waals surface area contributed by atoms with Crippen molar-refractivity contribution in [1.29, 1.82) is 0 Å². The molecule has 2 aromatic heterocycles. The molecule has 0 saturated carbocycles. The molecule has 1 N–H and O–H groups in total. The van der Waals surface area contributed by atoms with Crippen molar-refractivity contribution < 1.29 is 43.9 Å². The van der Waals surface area contributed by atoms with Gasteiger partial charge in [-0.1, -0.05) is 35.4 Å². The van der Waals surface area contributed by atoms with Crippen molar-refractivity contribution in [2.24, 2.45) is 0 Å². The third kappa shape index (κ3) is 11.2. The van der Waals surface area contributed by atoms with Gasteiger partial charge in [0.25, 0.3) is 0 Å². The first-order chi connectivity index (χ1) is 16.7. The van der Waals surface area contributed by atoms with Gasteiger partial charge in [0.15, 0.2) is 6.20 Å². The second-order valence-corrected chi connectivity index (χ2v) is 7.57. The number of benzene rings is 2. The molecule has 190 valence electrons. The molecule has 0 saturated heterocycles. The standard InChI is InChI=1S/C24H20NO.2BF4/c1-17-6-10-19(11-7-17)23-15-21(22-5-3-4-14-25-22)16-24(26-23)20-12-8-18(2)9-13-20;2*2-1(3,4)5/h3-16H,1-2H3;;/q+1;2*-1/p+1. The largest absolute Gasteiger partial charge is 0.673 e. The Kier molecular flexibility index (Phi) is 9.77. The number of hydrogen-bond acceptors (Lipinski definition) is 0. The van der Waals surface area contributed by atoms with E-state index in [1.54, 1.807) is 0 Å². The van der Waals surface area contributed by atoms with Crippen LogP contribution in [0.3, 0.4) is 0 Å². The fraction of sp³-hybridized carbons (Fsp3) is 0.0833. The predicted molar refractivity (Wildman–Crippen MR) is 126 cm³/mol. The molecule has 36 heavy (non-hydrogen) atoms. The number of pyridine rings is 1. The molecule has 0 radical (unpaired) electrons. The number of aromatic amines is 1. The summed E-state index contributed by atoms with van der Waals surface area (Å²) in [5, 5.41) is 0. The summed E-state index contributed by atoms with van der Waals surface area (Å²) >= 11 is 0. The Hall–Kier alpha value is -3.69. The van der Waals surface area contributed by atoms with Crippen molar-refractivity contribution in [3.63, 3.8) is 0 Å². The molecular formula is C24H21B2F8NO. The maximum absolute atomic E-state index is 9.75. The first kappa shape index (κ1) is 28.5. The molecule has 0 bridgehead atoms. The highest BCUT2D eigenvalue weighted by Crippen LogP contribution is 2.32. The zero-order chi connectivity index (χ0) is 26.9. The van der Waals surface area contributed by atoms with Gasteiger partial charge in [0, 0.05) is 12.1 Å². The van der Waals surface area contributed by atoms with Crippen LogP contribution in [0.4, 0.5) is 34.5 Å². The van der Waals surface area contributed by atoms with Crippen molar-refractivity contribution in [3.05, 3.63) is 96.2 Å². The molecule has 0 aliphatic rings. The molecule has 0 aliphatic heterocycles. The Balaban J connectivity index is 0.000000389. The number of H-pyrrole nitrogens is 1. The molecule has 4 aromatic rings. The smallest absolute Gasteiger partial charge is 0.418 e. The van der Waals surface area contributed by atoms with Gasteiger partial charge in [0.05, 0.1) is 28.8 Å². The molecule has 2 nitrogen and oxygen atoms in total. The fourth-order valence-corrected chi connectivity index (χ4v) is 2.95. The molecule has 2 aromatic carbocycles. The second kappa shape index (κ2) is 12.3. The molecule has 0 spiro atoms. The van der Waals surface area contributed by atoms with E-state index in [1.807, 2.05) is 18.3 Å². The van der Waals surface area contributed by atoms with Crippen LogP contribution in [0, 0.1) is 13.8 Å². The van der Waals surface area contributed by atoms with Crippen molar-refractivity contribution in [2.75, 3.05) is 0 Å². The van der Waals surface area contributed by atoms with Crippen LogP contribution in [0.2, 0.25) is 0 Å². The van der Waals surface area contributed by atoms with Crippen molar-refractivity contribution in [3.8, 4) is 33.9 Å². The average molecular weight is 513 g/mol. The van der Waals surface area contributed by atoms with Gasteiger partial charge in [-0.3, -0.25) is 0 Å². The fourth-order valence-electron chi connectivity index (χ4n) is 2.95. The number of hydrogen-bond donors (Lipinski definition) is 0. The van der Waals surface area contributed by atoms with E-state index in [9.17, 15) is 34.5 Å². The lowest BCUT2D eigenvalue weighted by Crippen LogP contribution is -2.04. The lowest BCUT2D eigenvalue weighted by molar-refractivity contribution is -0.364. The quantitative estimate of drug-likeness (QED) is 0.153. The van der Waals surface area contributed by atoms with Gasteiger partial charge in [-0.15, -0.1) is 0 Å². The minimum atomic E-state index is -6.00. The number of rotatable bonds is 3. The van der Waals surface area contributed by atoms with Crippen LogP contribution in [0.15, 0.2) is 89.5 Å². The molecule has 0 atom stereocenters. The van der Waals surface area contributed by atoms with Gasteiger partial charge < -0.3 is 34.5 Å². The first-order valence-electron chi connectivity index (χ1n) is 10.5. The van der Waals surface area contributed by atoms with E-state index < -0.39 is 14.5 Å². The SMILES string of the molecule is Cc1ccc(-c2cc(-c3cccc[nH+]3)cc(-c3ccc(C)cc3)[o+]2)cc1.F[B-](F)(F)F.F[B-](F)(F)F. The van der Waals surface area contributed by atoms with Crippen LogP contribution in [0.5, 0.6) is 0 Å². The van der Waals surface area contributed by atoms with E-state index in [0.29, 0.717) is 0 Å². The maximum atomic E-state index is 9.75. The van der Waals surface area contributed by atoms with Crippen LogP contribution in [-0.4, -0.2) is 14.5 Å². The van der Waals surface area contributed by atoms with E-state index in [0.717, 1.165) is 33.9 Å². The van der Waals surface area contributed by atoms with Crippen LogP contribution in [0.25, 0.3) is 33.9 Å². The predicted octanol–water partition coefficient (Wildman–Crippen LogP) is 8.59.